The summed E-state index contributed by atoms with van der Waals surface area (Å²) < 4.78 is 13.9. The molecule has 2 aliphatic heterocycles. The molecule has 0 aromatic heterocycles. The van der Waals surface area contributed by atoms with Gasteiger partial charge in [-0.25, -0.2) is 0 Å². The van der Waals surface area contributed by atoms with E-state index in [0.717, 1.165) is 34.1 Å². The maximum atomic E-state index is 7.22. The van der Waals surface area contributed by atoms with Crippen LogP contribution in [0.15, 0.2) is 218 Å². The molecule has 4 aliphatic rings. The molecule has 0 saturated heterocycles. The van der Waals surface area contributed by atoms with Crippen molar-refractivity contribution in [2.24, 2.45) is 0 Å². The Morgan fingerprint density at radius 3 is 1.10 bits per heavy atom. The van der Waals surface area contributed by atoms with E-state index in [-0.39, 0.29) is 0 Å². The Morgan fingerprint density at radius 1 is 0.254 bits per heavy atom. The first-order valence-electron chi connectivity index (χ1n) is 21.8. The van der Waals surface area contributed by atoms with E-state index in [2.05, 4.69) is 218 Å². The molecule has 1 spiro atoms. The fourth-order valence-corrected chi connectivity index (χ4v) is 16.6. The van der Waals surface area contributed by atoms with Crippen molar-refractivity contribution in [3.8, 4) is 45.3 Å². The van der Waals surface area contributed by atoms with Crippen molar-refractivity contribution < 1.29 is 9.47 Å². The molecule has 0 atom stereocenters. The van der Waals surface area contributed by atoms with Gasteiger partial charge in [0.25, 0.3) is 0 Å². The molecule has 10 aromatic rings. The minimum atomic E-state index is -2.93. The lowest BCUT2D eigenvalue weighted by atomic mass is 9.83. The van der Waals surface area contributed by atoms with Crippen LogP contribution in [0.5, 0.6) is 23.0 Å². The number of benzene rings is 10. The van der Waals surface area contributed by atoms with Crippen LogP contribution >= 0.6 is 0 Å². The lowest BCUT2D eigenvalue weighted by Gasteiger charge is -2.43. The average molecular weight is 817 g/mol. The molecular formula is C60H36O2Si. The van der Waals surface area contributed by atoms with E-state index >= 15 is 0 Å². The van der Waals surface area contributed by atoms with Crippen LogP contribution in [0.25, 0.3) is 86.9 Å². The van der Waals surface area contributed by atoms with Gasteiger partial charge in [0.2, 0.25) is 0 Å². The van der Waals surface area contributed by atoms with Crippen molar-refractivity contribution >= 4 is 93.5 Å². The highest BCUT2D eigenvalue weighted by Crippen LogP contribution is 2.48. The standard InChI is InChI=1S/C60H36O2Si/c1-4-19-42-39(16-1)40-17-2-5-20-43(40)48-25-14-26-49-50-36-37(34-35-45(50)41-18-3-6-21-44(41)47-24-13-23-46(42)58(47)59(48)49)38-22-15-33-57-60(38)62-53-29-9-12-32-56(53)63(57)54-30-10-7-27-51(54)61-52-28-8-11-31-55(52)63/h1-36H. The zero-order chi connectivity index (χ0) is 41.2. The Hall–Kier alpha value is -7.98. The van der Waals surface area contributed by atoms with Gasteiger partial charge in [0, 0.05) is 5.56 Å². The van der Waals surface area contributed by atoms with Crippen LogP contribution in [-0.4, -0.2) is 8.07 Å². The van der Waals surface area contributed by atoms with Crippen molar-refractivity contribution in [1.29, 1.82) is 0 Å². The highest BCUT2D eigenvalue weighted by Gasteiger charge is 2.53. The van der Waals surface area contributed by atoms with Gasteiger partial charge in [0.05, 0.1) is 0 Å². The van der Waals surface area contributed by atoms with Gasteiger partial charge in [-0.05, 0) is 126 Å². The fraction of sp³-hybridized carbons (Fsp3) is 0. The van der Waals surface area contributed by atoms with Crippen molar-refractivity contribution in [2.45, 2.75) is 0 Å². The summed E-state index contributed by atoms with van der Waals surface area (Å²) in [4.78, 5) is 0. The Balaban J connectivity index is 1.14. The monoisotopic (exact) mass is 816 g/mol. The van der Waals surface area contributed by atoms with E-state index < -0.39 is 8.07 Å². The van der Waals surface area contributed by atoms with Crippen LogP contribution in [0.4, 0.5) is 0 Å². The number of fused-ring (bicyclic) bond motifs is 18. The summed E-state index contributed by atoms with van der Waals surface area (Å²) in [6.07, 6.45) is 0. The second kappa shape index (κ2) is 13.0. The van der Waals surface area contributed by atoms with Crippen LogP contribution in [-0.2, 0) is 0 Å². The summed E-state index contributed by atoms with van der Waals surface area (Å²) in [5.74, 6) is 3.66. The average Bonchev–Trinajstić information content (AvgIpc) is 3.35. The van der Waals surface area contributed by atoms with Crippen LogP contribution in [0, 0.1) is 0 Å². The summed E-state index contributed by atoms with van der Waals surface area (Å²) >= 11 is 0. The molecule has 0 radical (unpaired) electrons. The number of hydrogen-bond donors (Lipinski definition) is 0. The molecular weight excluding hydrogens is 781 g/mol. The lowest BCUT2D eigenvalue weighted by Crippen LogP contribution is -2.77. The third kappa shape index (κ3) is 4.66. The van der Waals surface area contributed by atoms with E-state index in [9.17, 15) is 0 Å². The van der Waals surface area contributed by atoms with Gasteiger partial charge in [0.15, 0.2) is 8.07 Å². The van der Waals surface area contributed by atoms with Gasteiger partial charge in [-0.15, -0.1) is 0 Å². The quantitative estimate of drug-likeness (QED) is 0.154. The molecule has 2 aliphatic carbocycles. The van der Waals surface area contributed by atoms with Crippen LogP contribution < -0.4 is 30.2 Å². The van der Waals surface area contributed by atoms with Gasteiger partial charge in [-0.1, -0.05) is 194 Å². The summed E-state index contributed by atoms with van der Waals surface area (Å²) in [6.45, 7) is 0. The first-order chi connectivity index (χ1) is 31.3. The van der Waals surface area contributed by atoms with Gasteiger partial charge in [-0.2, -0.15) is 0 Å². The van der Waals surface area contributed by atoms with Gasteiger partial charge < -0.3 is 9.47 Å². The second-order valence-electron chi connectivity index (χ2n) is 17.0. The third-order valence-electron chi connectivity index (χ3n) is 14.0. The van der Waals surface area contributed by atoms with Crippen LogP contribution in [0.1, 0.15) is 0 Å². The van der Waals surface area contributed by atoms with E-state index in [0.29, 0.717) is 0 Å². The Labute approximate surface area is 364 Å². The SMILES string of the molecule is c1ccc2c(c1)Oc1ccccc1[Si]21c2ccccc2Oc2c(-c3ccc4c(c3)c3cccc5c3-c3c(cccc3c3ccccc34)c3ccccc3c3ccccc53)cccc21. The Kier molecular flexibility index (Phi) is 7.17. The highest BCUT2D eigenvalue weighted by atomic mass is 28.3. The van der Waals surface area contributed by atoms with Crippen molar-refractivity contribution in [3.05, 3.63) is 218 Å². The molecule has 2 nitrogen and oxygen atoms in total. The van der Waals surface area contributed by atoms with E-state index in [1.165, 1.54) is 96.5 Å². The van der Waals surface area contributed by atoms with E-state index in [1.54, 1.807) is 0 Å². The molecule has 0 saturated carbocycles. The van der Waals surface area contributed by atoms with Crippen molar-refractivity contribution in [2.75, 3.05) is 0 Å². The summed E-state index contributed by atoms with van der Waals surface area (Å²) in [5.41, 5.74) is 4.73. The van der Waals surface area contributed by atoms with Crippen molar-refractivity contribution in [3.63, 3.8) is 0 Å². The number of ether oxygens (including phenoxy) is 2. The normalized spacial score (nSPS) is 13.5. The van der Waals surface area contributed by atoms with Gasteiger partial charge in [-0.3, -0.25) is 0 Å². The van der Waals surface area contributed by atoms with Crippen LogP contribution in [0.2, 0.25) is 0 Å². The molecule has 0 bridgehead atoms. The molecule has 0 unspecified atom stereocenters. The van der Waals surface area contributed by atoms with Crippen molar-refractivity contribution in [1.82, 2.24) is 0 Å². The molecule has 3 heteroatoms. The highest BCUT2D eigenvalue weighted by molar-refractivity contribution is 7.21. The Bertz CT molecular complexity index is 3880. The smallest absolute Gasteiger partial charge is 0.196 e. The summed E-state index contributed by atoms with van der Waals surface area (Å²) in [6, 6.07) is 80.6. The zero-order valence-electron chi connectivity index (χ0n) is 34.1. The molecule has 63 heavy (non-hydrogen) atoms. The van der Waals surface area contributed by atoms with Crippen LogP contribution in [0.3, 0.4) is 0 Å². The Morgan fingerprint density at radius 2 is 0.603 bits per heavy atom. The minimum absolute atomic E-state index is 0.906. The van der Waals surface area contributed by atoms with Gasteiger partial charge in [0.1, 0.15) is 23.0 Å². The summed E-state index contributed by atoms with van der Waals surface area (Å²) in [7, 11) is -2.93. The number of hydrogen-bond acceptors (Lipinski definition) is 2. The molecule has 0 amide bonds. The number of rotatable bonds is 1. The first-order valence-corrected chi connectivity index (χ1v) is 23.8. The zero-order valence-corrected chi connectivity index (χ0v) is 35.1. The third-order valence-corrected chi connectivity index (χ3v) is 18.8. The molecule has 14 rings (SSSR count). The van der Waals surface area contributed by atoms with E-state index in [4.69, 9.17) is 9.47 Å². The fourth-order valence-electron chi connectivity index (χ4n) is 11.4. The minimum Gasteiger partial charge on any atom is -0.458 e. The maximum absolute atomic E-state index is 7.22. The largest absolute Gasteiger partial charge is 0.458 e. The molecule has 292 valence electrons. The predicted octanol–water partition coefficient (Wildman–Crippen LogP) is 13.5. The lowest BCUT2D eigenvalue weighted by molar-refractivity contribution is 0.482. The summed E-state index contributed by atoms with van der Waals surface area (Å²) in [5, 5.41) is 19.8. The first kappa shape index (κ1) is 34.7. The van der Waals surface area contributed by atoms with E-state index in [1.807, 2.05) is 0 Å². The maximum Gasteiger partial charge on any atom is 0.196 e. The number of para-hydroxylation sites is 4. The molecule has 0 N–H and O–H groups in total. The predicted molar refractivity (Wildman–Crippen MR) is 266 cm³/mol. The molecule has 10 aromatic carbocycles. The second-order valence-corrected chi connectivity index (χ2v) is 20.6. The topological polar surface area (TPSA) is 18.5 Å². The molecule has 0 fully saturated rings. The van der Waals surface area contributed by atoms with Gasteiger partial charge >= 0.3 is 0 Å². The molecule has 2 heterocycles.